The Morgan fingerprint density at radius 1 is 1.33 bits per heavy atom. The van der Waals surface area contributed by atoms with Crippen LogP contribution >= 0.6 is 0 Å². The first kappa shape index (κ1) is 13.3. The normalized spacial score (nSPS) is 18.8. The van der Waals surface area contributed by atoms with E-state index in [1.165, 1.54) is 18.2 Å². The number of nitrogens with one attached hydrogen (secondary N) is 1. The second kappa shape index (κ2) is 6.13. The third-order valence-corrected chi connectivity index (χ3v) is 3.28. The number of phenols is 1. The van der Waals surface area contributed by atoms with Crippen LogP contribution in [0.25, 0.3) is 0 Å². The molecule has 1 atom stereocenters. The van der Waals surface area contributed by atoms with Gasteiger partial charge in [-0.1, -0.05) is 0 Å². The Hall–Kier alpha value is -1.17. The number of benzene rings is 1. The highest BCUT2D eigenvalue weighted by Crippen LogP contribution is 2.27. The first-order chi connectivity index (χ1) is 8.66. The number of phenolic OH excluding ortho intramolecular Hbond substituents is 1. The Balaban J connectivity index is 1.90. The number of aromatic hydroxyl groups is 1. The number of hydrogen-bond acceptors (Lipinski definition) is 4. The smallest absolute Gasteiger partial charge is 0.123 e. The molecule has 1 aliphatic heterocycles. The number of piperazine rings is 1. The standard InChI is InChI=1S/C13H19FN2O2/c14-10-1-2-12(17)11(9-10)13(18)3-6-16-7-4-15-5-8-16/h1-2,9,13,15,17-18H,3-8H2. The predicted molar refractivity (Wildman–Crippen MR) is 67.0 cm³/mol. The monoisotopic (exact) mass is 254 g/mol. The average Bonchev–Trinajstić information content (AvgIpc) is 2.40. The molecule has 0 amide bonds. The summed E-state index contributed by atoms with van der Waals surface area (Å²) in [5.41, 5.74) is 0.269. The first-order valence-corrected chi connectivity index (χ1v) is 6.26. The Morgan fingerprint density at radius 2 is 2.06 bits per heavy atom. The van der Waals surface area contributed by atoms with Crippen molar-refractivity contribution in [2.75, 3.05) is 32.7 Å². The molecule has 18 heavy (non-hydrogen) atoms. The van der Waals surface area contributed by atoms with E-state index < -0.39 is 11.9 Å². The van der Waals surface area contributed by atoms with E-state index in [0.29, 0.717) is 6.42 Å². The van der Waals surface area contributed by atoms with Gasteiger partial charge in [-0.2, -0.15) is 0 Å². The van der Waals surface area contributed by atoms with Gasteiger partial charge in [0.1, 0.15) is 11.6 Å². The quantitative estimate of drug-likeness (QED) is 0.746. The molecule has 0 saturated carbocycles. The fourth-order valence-corrected chi connectivity index (χ4v) is 2.19. The van der Waals surface area contributed by atoms with Gasteiger partial charge in [0.15, 0.2) is 0 Å². The molecule has 0 spiro atoms. The number of aliphatic hydroxyl groups excluding tert-OH is 1. The molecule has 1 fully saturated rings. The van der Waals surface area contributed by atoms with E-state index in [1.54, 1.807) is 0 Å². The van der Waals surface area contributed by atoms with Crippen molar-refractivity contribution in [2.45, 2.75) is 12.5 Å². The zero-order valence-electron chi connectivity index (χ0n) is 10.3. The van der Waals surface area contributed by atoms with Crippen molar-refractivity contribution in [2.24, 2.45) is 0 Å². The van der Waals surface area contributed by atoms with E-state index >= 15 is 0 Å². The molecule has 0 aromatic heterocycles. The molecule has 4 nitrogen and oxygen atoms in total. The lowest BCUT2D eigenvalue weighted by atomic mass is 10.0. The Kier molecular flexibility index (Phi) is 4.52. The van der Waals surface area contributed by atoms with Crippen molar-refractivity contribution >= 4 is 0 Å². The maximum atomic E-state index is 13.1. The summed E-state index contributed by atoms with van der Waals surface area (Å²) >= 11 is 0. The Morgan fingerprint density at radius 3 is 2.78 bits per heavy atom. The topological polar surface area (TPSA) is 55.7 Å². The van der Waals surface area contributed by atoms with Crippen molar-refractivity contribution in [3.63, 3.8) is 0 Å². The minimum absolute atomic E-state index is 0.0517. The summed E-state index contributed by atoms with van der Waals surface area (Å²) in [6.45, 7) is 4.59. The molecule has 1 heterocycles. The highest BCUT2D eigenvalue weighted by molar-refractivity contribution is 5.34. The van der Waals surface area contributed by atoms with Gasteiger partial charge in [0.25, 0.3) is 0 Å². The zero-order valence-corrected chi connectivity index (χ0v) is 10.3. The van der Waals surface area contributed by atoms with Crippen LogP contribution in [0.4, 0.5) is 4.39 Å². The molecule has 1 aliphatic rings. The number of aliphatic hydroxyl groups is 1. The molecule has 100 valence electrons. The molecule has 3 N–H and O–H groups in total. The maximum Gasteiger partial charge on any atom is 0.123 e. The van der Waals surface area contributed by atoms with E-state index in [1.807, 2.05) is 0 Å². The van der Waals surface area contributed by atoms with Crippen LogP contribution in [-0.4, -0.2) is 47.8 Å². The van der Waals surface area contributed by atoms with Crippen molar-refractivity contribution < 1.29 is 14.6 Å². The van der Waals surface area contributed by atoms with Crippen molar-refractivity contribution in [3.05, 3.63) is 29.6 Å². The maximum absolute atomic E-state index is 13.1. The molecule has 1 aromatic rings. The van der Waals surface area contributed by atoms with Crippen LogP contribution in [0.3, 0.4) is 0 Å². The van der Waals surface area contributed by atoms with Gasteiger partial charge in [-0.05, 0) is 24.6 Å². The largest absolute Gasteiger partial charge is 0.508 e. The summed E-state index contributed by atoms with van der Waals surface area (Å²) < 4.78 is 13.1. The summed E-state index contributed by atoms with van der Waals surface area (Å²) in [6.07, 6.45) is -0.326. The molecule has 0 bridgehead atoms. The van der Waals surface area contributed by atoms with Crippen LogP contribution in [0.1, 0.15) is 18.1 Å². The van der Waals surface area contributed by atoms with Crippen LogP contribution in [0, 0.1) is 5.82 Å². The van der Waals surface area contributed by atoms with E-state index in [-0.39, 0.29) is 11.3 Å². The number of halogens is 1. The highest BCUT2D eigenvalue weighted by Gasteiger charge is 2.16. The predicted octanol–water partition coefficient (Wildman–Crippen LogP) is 0.860. The molecule has 1 saturated heterocycles. The minimum atomic E-state index is -0.824. The van der Waals surface area contributed by atoms with Gasteiger partial charge in [0.05, 0.1) is 6.10 Å². The van der Waals surface area contributed by atoms with Crippen LogP contribution in [0.2, 0.25) is 0 Å². The minimum Gasteiger partial charge on any atom is -0.508 e. The highest BCUT2D eigenvalue weighted by atomic mass is 19.1. The first-order valence-electron chi connectivity index (χ1n) is 6.26. The molecule has 0 aliphatic carbocycles. The lowest BCUT2D eigenvalue weighted by Crippen LogP contribution is -2.44. The van der Waals surface area contributed by atoms with Gasteiger partial charge in [-0.25, -0.2) is 4.39 Å². The van der Waals surface area contributed by atoms with Crippen LogP contribution < -0.4 is 5.32 Å². The molecule has 5 heteroatoms. The van der Waals surface area contributed by atoms with Crippen molar-refractivity contribution in [3.8, 4) is 5.75 Å². The Bertz CT molecular complexity index is 395. The molecule has 0 radical (unpaired) electrons. The number of nitrogens with zero attached hydrogens (tertiary/aromatic N) is 1. The molecule has 1 aromatic carbocycles. The third-order valence-electron chi connectivity index (χ3n) is 3.28. The summed E-state index contributed by atoms with van der Waals surface area (Å²) in [5, 5.41) is 22.8. The zero-order chi connectivity index (χ0) is 13.0. The summed E-state index contributed by atoms with van der Waals surface area (Å²) in [5.74, 6) is -0.492. The van der Waals surface area contributed by atoms with E-state index in [0.717, 1.165) is 32.7 Å². The van der Waals surface area contributed by atoms with Crippen molar-refractivity contribution in [1.29, 1.82) is 0 Å². The molecule has 1 unspecified atom stereocenters. The molecular formula is C13H19FN2O2. The number of hydrogen-bond donors (Lipinski definition) is 3. The lowest BCUT2D eigenvalue weighted by molar-refractivity contribution is 0.134. The van der Waals surface area contributed by atoms with Gasteiger partial charge in [-0.15, -0.1) is 0 Å². The Labute approximate surface area is 106 Å². The summed E-state index contributed by atoms with van der Waals surface area (Å²) in [6, 6.07) is 3.65. The fourth-order valence-electron chi connectivity index (χ4n) is 2.19. The van der Waals surface area contributed by atoms with Gasteiger partial charge >= 0.3 is 0 Å². The van der Waals surface area contributed by atoms with E-state index in [2.05, 4.69) is 10.2 Å². The second-order valence-electron chi connectivity index (χ2n) is 4.60. The van der Waals surface area contributed by atoms with Gasteiger partial charge in [0.2, 0.25) is 0 Å². The average molecular weight is 254 g/mol. The fraction of sp³-hybridized carbons (Fsp3) is 0.538. The van der Waals surface area contributed by atoms with Crippen LogP contribution in [-0.2, 0) is 0 Å². The third kappa shape index (κ3) is 3.41. The van der Waals surface area contributed by atoms with Crippen molar-refractivity contribution in [1.82, 2.24) is 10.2 Å². The van der Waals surface area contributed by atoms with Gasteiger partial charge in [0, 0.05) is 38.3 Å². The summed E-state index contributed by atoms with van der Waals surface area (Å²) in [4.78, 5) is 2.25. The SMILES string of the molecule is Oc1ccc(F)cc1C(O)CCN1CCNCC1. The molecular weight excluding hydrogens is 235 g/mol. The lowest BCUT2D eigenvalue weighted by Gasteiger charge is -2.28. The second-order valence-corrected chi connectivity index (χ2v) is 4.60. The van der Waals surface area contributed by atoms with Gasteiger partial charge in [-0.3, -0.25) is 0 Å². The van der Waals surface area contributed by atoms with Crippen LogP contribution in [0.15, 0.2) is 18.2 Å². The van der Waals surface area contributed by atoms with Gasteiger partial charge < -0.3 is 20.4 Å². The van der Waals surface area contributed by atoms with E-state index in [9.17, 15) is 14.6 Å². The summed E-state index contributed by atoms with van der Waals surface area (Å²) in [7, 11) is 0. The number of rotatable bonds is 4. The van der Waals surface area contributed by atoms with Crippen LogP contribution in [0.5, 0.6) is 5.75 Å². The van der Waals surface area contributed by atoms with E-state index in [4.69, 9.17) is 0 Å². The molecule has 2 rings (SSSR count).